The largest absolute Gasteiger partial charge is 0.394 e. The highest BCUT2D eigenvalue weighted by molar-refractivity contribution is 5.88. The van der Waals surface area contributed by atoms with Gasteiger partial charge in [-0.1, -0.05) is 53.2 Å². The van der Waals surface area contributed by atoms with Crippen LogP contribution in [0.15, 0.2) is 11.6 Å². The number of ketones is 1. The Kier molecular flexibility index (Phi) is 18.8. The van der Waals surface area contributed by atoms with E-state index < -0.39 is 183 Å². The lowest BCUT2D eigenvalue weighted by molar-refractivity contribution is -0.380. The monoisotopic (exact) mass is 1120 g/mol. The number of hydrogen-bond donors (Lipinski definition) is 15. The summed E-state index contributed by atoms with van der Waals surface area (Å²) in [6, 6.07) is 0. The molecule has 0 aromatic rings. The third kappa shape index (κ3) is 10.9. The molecule has 15 N–H and O–H groups in total. The molecule has 29 atom stereocenters. The molecule has 24 nitrogen and oxygen atoms in total. The van der Waals surface area contributed by atoms with E-state index >= 15 is 4.79 Å². The van der Waals surface area contributed by atoms with Crippen molar-refractivity contribution in [2.75, 3.05) is 26.4 Å². The zero-order valence-electron chi connectivity index (χ0n) is 46.0. The van der Waals surface area contributed by atoms with E-state index in [1.165, 1.54) is 13.8 Å². The lowest BCUT2D eigenvalue weighted by Gasteiger charge is -2.65. The molecule has 24 heteroatoms. The summed E-state index contributed by atoms with van der Waals surface area (Å²) < 4.78 is 47.7. The second-order valence-electron chi connectivity index (χ2n) is 25.7. The number of aliphatic hydroxyl groups is 15. The fourth-order valence-corrected chi connectivity index (χ4v) is 15.3. The maximum absolute atomic E-state index is 15.2. The molecule has 0 aromatic carbocycles. The average molecular weight is 1120 g/mol. The number of aliphatic hydroxyl groups excluding tert-OH is 14. The van der Waals surface area contributed by atoms with Gasteiger partial charge in [0.05, 0.1) is 44.2 Å². The highest BCUT2D eigenvalue weighted by Crippen LogP contribution is 2.74. The van der Waals surface area contributed by atoms with Gasteiger partial charge in [-0.05, 0) is 93.3 Å². The Hall–Kier alpha value is -1.51. The number of Topliss-reactive ketones (excluding diaryl/α,β-unsaturated/α-hetero) is 1. The predicted octanol–water partition coefficient (Wildman–Crippen LogP) is -3.02. The molecule has 4 aliphatic heterocycles. The maximum Gasteiger partial charge on any atom is 0.187 e. The number of carbonyl (C=O) groups is 1. The van der Waals surface area contributed by atoms with Gasteiger partial charge < -0.3 is 114 Å². The van der Waals surface area contributed by atoms with E-state index in [-0.39, 0.29) is 41.3 Å². The molecule has 8 aliphatic rings. The zero-order chi connectivity index (χ0) is 57.5. The van der Waals surface area contributed by atoms with Crippen LogP contribution in [0.1, 0.15) is 107 Å². The average Bonchev–Trinajstić information content (AvgIpc) is 3.21. The van der Waals surface area contributed by atoms with Crippen LogP contribution in [0.25, 0.3) is 0 Å². The van der Waals surface area contributed by atoms with E-state index in [0.717, 1.165) is 18.4 Å². The molecular formula is C54H90O24. The number of ether oxygens (including phenoxy) is 8. The number of fused-ring (bicyclic) bond motifs is 5. The van der Waals surface area contributed by atoms with Crippen molar-refractivity contribution in [3.8, 4) is 0 Å². The molecule has 0 spiro atoms. The summed E-state index contributed by atoms with van der Waals surface area (Å²) in [6.07, 6.45) is -27.7. The minimum atomic E-state index is -1.94. The summed E-state index contributed by atoms with van der Waals surface area (Å²) in [6.45, 7) is 13.2. The second kappa shape index (κ2) is 23.5. The lowest BCUT2D eigenvalue weighted by atomic mass is 9.38. The molecule has 0 aromatic heterocycles. The molecule has 8 rings (SSSR count). The van der Waals surface area contributed by atoms with Gasteiger partial charge in [-0.2, -0.15) is 0 Å². The van der Waals surface area contributed by atoms with E-state index in [1.54, 1.807) is 0 Å². The van der Waals surface area contributed by atoms with Crippen molar-refractivity contribution in [2.45, 2.75) is 247 Å². The number of rotatable bonds is 17. The van der Waals surface area contributed by atoms with E-state index in [1.807, 2.05) is 0 Å². The van der Waals surface area contributed by atoms with Crippen LogP contribution in [0.5, 0.6) is 0 Å². The Labute approximate surface area is 454 Å². The molecule has 7 fully saturated rings. The normalized spacial score (nSPS) is 50.5. The van der Waals surface area contributed by atoms with Gasteiger partial charge in [0.1, 0.15) is 103 Å². The van der Waals surface area contributed by atoms with E-state index in [9.17, 15) is 76.6 Å². The van der Waals surface area contributed by atoms with Crippen LogP contribution in [-0.4, -0.2) is 249 Å². The number of allylic oxidation sites excluding steroid dienone is 1. The second-order valence-corrected chi connectivity index (χ2v) is 25.7. The number of hydrogen-bond acceptors (Lipinski definition) is 24. The number of carbonyl (C=O) groups excluding carboxylic acids is 1. The van der Waals surface area contributed by atoms with Gasteiger partial charge in [0.15, 0.2) is 25.2 Å². The van der Waals surface area contributed by atoms with Crippen molar-refractivity contribution in [1.29, 1.82) is 0 Å². The van der Waals surface area contributed by atoms with Crippen molar-refractivity contribution >= 4 is 5.78 Å². The molecule has 0 bridgehead atoms. The third-order valence-electron chi connectivity index (χ3n) is 20.5. The van der Waals surface area contributed by atoms with Crippen molar-refractivity contribution in [3.63, 3.8) is 0 Å². The van der Waals surface area contributed by atoms with Gasteiger partial charge in [-0.3, -0.25) is 4.79 Å². The molecule has 0 radical (unpaired) electrons. The first-order valence-electron chi connectivity index (χ1n) is 27.9. The first kappa shape index (κ1) is 62.5. The summed E-state index contributed by atoms with van der Waals surface area (Å²) in [5.74, 6) is 0.111. The van der Waals surface area contributed by atoms with E-state index in [4.69, 9.17) is 37.9 Å². The fraction of sp³-hybridized carbons (Fsp3) is 0.944. The quantitative estimate of drug-likeness (QED) is 0.0645. The van der Waals surface area contributed by atoms with Gasteiger partial charge in [0.25, 0.3) is 0 Å². The van der Waals surface area contributed by atoms with Crippen LogP contribution < -0.4 is 0 Å². The smallest absolute Gasteiger partial charge is 0.187 e. The summed E-state index contributed by atoms with van der Waals surface area (Å²) in [5.41, 5.74) is -2.54. The van der Waals surface area contributed by atoms with E-state index in [0.29, 0.717) is 32.1 Å². The van der Waals surface area contributed by atoms with Crippen LogP contribution in [0.2, 0.25) is 0 Å². The Morgan fingerprint density at radius 1 is 0.615 bits per heavy atom. The predicted molar refractivity (Wildman–Crippen MR) is 267 cm³/mol. The molecule has 0 amide bonds. The molecule has 9 unspecified atom stereocenters. The van der Waals surface area contributed by atoms with Gasteiger partial charge in [0.2, 0.25) is 0 Å². The van der Waals surface area contributed by atoms with Crippen molar-refractivity contribution in [3.05, 3.63) is 11.6 Å². The highest BCUT2D eigenvalue weighted by atomic mass is 16.8. The Morgan fingerprint density at radius 2 is 1.12 bits per heavy atom. The summed E-state index contributed by atoms with van der Waals surface area (Å²) in [7, 11) is 0. The highest BCUT2D eigenvalue weighted by Gasteiger charge is 2.71. The van der Waals surface area contributed by atoms with Gasteiger partial charge in [-0.25, -0.2) is 0 Å². The summed E-state index contributed by atoms with van der Waals surface area (Å²) >= 11 is 0. The van der Waals surface area contributed by atoms with Gasteiger partial charge >= 0.3 is 0 Å². The molecule has 4 heterocycles. The standard InChI is InChI=1S/C54H90O24/c1-22(23-15-16-52(6)30-12-10-24-25(54(30,8)31(58)17-53(23,52)7)11-14-32(50(24,2)3)76-47-43(68)39(64)35(60)27(19-56)73-47)9-13-33(51(4,5)70)77-49-45(78-48-44(69)40(65)36(61)28(20-57)74-48)41(66)37(62)29(75-49)21-71-46-42(67)38(63)34(59)26(18-55)72-46/h10,22-23,25-30,32-49,55-57,59-70H,9,11-21H2,1-8H3/t22?,23?,25?,26-,27-,28-,29-,30?,32?,33?,34-,35-,36-,37-,38+,39+,40+,41+,42-,43-,44-,45-,46-,47+,48+,49+,52?,53?,54?/m1/s1. The fourth-order valence-electron chi connectivity index (χ4n) is 15.3. The lowest BCUT2D eigenvalue weighted by Crippen LogP contribution is -2.65. The van der Waals surface area contributed by atoms with E-state index in [2.05, 4.69) is 47.6 Å². The third-order valence-corrected chi connectivity index (χ3v) is 20.5. The molecule has 78 heavy (non-hydrogen) atoms. The minimum absolute atomic E-state index is 0.00290. The molecular weight excluding hydrogens is 1030 g/mol. The molecule has 3 saturated carbocycles. The van der Waals surface area contributed by atoms with Crippen LogP contribution in [0, 0.1) is 45.3 Å². The van der Waals surface area contributed by atoms with Crippen molar-refractivity contribution < 1.29 is 119 Å². The van der Waals surface area contributed by atoms with Crippen LogP contribution in [0.3, 0.4) is 0 Å². The Morgan fingerprint density at radius 3 is 1.65 bits per heavy atom. The minimum Gasteiger partial charge on any atom is -0.394 e. The van der Waals surface area contributed by atoms with Crippen LogP contribution in [0.4, 0.5) is 0 Å². The molecule has 450 valence electrons. The Bertz CT molecular complexity index is 2070. The Balaban J connectivity index is 0.988. The summed E-state index contributed by atoms with van der Waals surface area (Å²) in [4.78, 5) is 15.2. The first-order chi connectivity index (χ1) is 36.4. The topological polar surface area (TPSA) is 394 Å². The SMILES string of the molecule is CC(CCC(O[C@@H]1O[C@H](CO[C@@H]2O[C@H](CO)[C@@H](O)[C@H](O)[C@H]2O)[C@@H](O)[C@H](O)[C@H]1O[C@@H]1O[C@H](CO)[C@@H](O)[C@H](O)[C@H]1O)C(C)(C)O)C1CCC2(C)C3CC=C4C(CCC(O[C@@H]5O[C@H](CO)[C@@H](O)[C@H](O)[C@H]5O)C4(C)C)C3(C)C(=O)CC12C. The maximum atomic E-state index is 15.2. The van der Waals surface area contributed by atoms with Crippen LogP contribution >= 0.6 is 0 Å². The molecule has 4 saturated heterocycles. The van der Waals surface area contributed by atoms with Gasteiger partial charge in [0, 0.05) is 17.3 Å². The summed E-state index contributed by atoms with van der Waals surface area (Å²) in [5, 5.41) is 159. The van der Waals surface area contributed by atoms with Crippen molar-refractivity contribution in [1.82, 2.24) is 0 Å². The molecule has 4 aliphatic carbocycles. The first-order valence-corrected chi connectivity index (χ1v) is 27.9. The zero-order valence-corrected chi connectivity index (χ0v) is 46.0. The van der Waals surface area contributed by atoms with Crippen molar-refractivity contribution in [2.24, 2.45) is 45.3 Å². The van der Waals surface area contributed by atoms with Gasteiger partial charge in [-0.15, -0.1) is 0 Å². The van der Waals surface area contributed by atoms with Crippen LogP contribution in [-0.2, 0) is 42.7 Å².